The normalized spacial score (nSPS) is 17.0. The zero-order chi connectivity index (χ0) is 10.5. The summed E-state index contributed by atoms with van der Waals surface area (Å²) in [5.74, 6) is -0.701. The van der Waals surface area contributed by atoms with Crippen LogP contribution in [0.5, 0.6) is 0 Å². The van der Waals surface area contributed by atoms with E-state index in [0.717, 1.165) is 19.4 Å². The minimum atomic E-state index is -2.38. The molecule has 0 radical (unpaired) electrons. The smallest absolute Gasteiger partial charge is 0.121 e. The zero-order valence-corrected chi connectivity index (χ0v) is 9.97. The van der Waals surface area contributed by atoms with E-state index in [2.05, 4.69) is 12.2 Å². The second kappa shape index (κ2) is 5.79. The van der Waals surface area contributed by atoms with Crippen LogP contribution in [0.25, 0.3) is 0 Å². The van der Waals surface area contributed by atoms with Gasteiger partial charge in [-0.15, -0.1) is 0 Å². The Labute approximate surface area is 81.3 Å². The number of likely N-dealkylation sites (N-methyl/N-ethyl adjacent to an activating group) is 1. The molecule has 13 heavy (non-hydrogen) atoms. The van der Waals surface area contributed by atoms with Gasteiger partial charge in [-0.2, -0.15) is 0 Å². The summed E-state index contributed by atoms with van der Waals surface area (Å²) in [4.78, 5) is 0. The van der Waals surface area contributed by atoms with Crippen molar-refractivity contribution in [3.05, 3.63) is 0 Å². The van der Waals surface area contributed by atoms with Gasteiger partial charge in [-0.1, -0.05) is 20.3 Å². The van der Waals surface area contributed by atoms with Crippen molar-refractivity contribution in [2.75, 3.05) is 19.9 Å². The van der Waals surface area contributed by atoms with E-state index in [1.807, 2.05) is 6.92 Å². The van der Waals surface area contributed by atoms with Crippen LogP contribution in [0.2, 0.25) is 0 Å². The number of hydrogen-bond acceptors (Lipinski definition) is 3. The third kappa shape index (κ3) is 4.80. The van der Waals surface area contributed by atoms with Gasteiger partial charge in [-0.25, -0.2) is 0 Å². The van der Waals surface area contributed by atoms with Crippen LogP contribution in [-0.2, 0) is 4.57 Å². The molecule has 0 aliphatic heterocycles. The highest BCUT2D eigenvalue weighted by atomic mass is 31.2. The molecule has 0 bridgehead atoms. The predicted molar refractivity (Wildman–Crippen MR) is 57.8 cm³/mol. The maximum Gasteiger partial charge on any atom is 0.121 e. The number of hydrogen-bond donors (Lipinski definition) is 2. The summed E-state index contributed by atoms with van der Waals surface area (Å²) in [6.45, 7) is 8.13. The molecule has 0 aliphatic carbocycles. The Morgan fingerprint density at radius 1 is 1.38 bits per heavy atom. The lowest BCUT2D eigenvalue weighted by Crippen LogP contribution is -2.39. The molecule has 0 spiro atoms. The molecule has 0 heterocycles. The molecule has 2 N–H and O–H groups in total. The Morgan fingerprint density at radius 2 is 1.92 bits per heavy atom. The van der Waals surface area contributed by atoms with E-state index in [-0.39, 0.29) is 6.04 Å². The number of aliphatic hydroxyl groups excluding tert-OH is 1. The average Bonchev–Trinajstić information content (AvgIpc) is 2.01. The van der Waals surface area contributed by atoms with Crippen LogP contribution >= 0.6 is 7.14 Å². The standard InChI is InChI=1S/C9H22NO2P/c1-5-7-8(10-6-2)9(11)13(3,4)12/h8-11H,5-7H2,1-4H3. The topological polar surface area (TPSA) is 49.3 Å². The van der Waals surface area contributed by atoms with E-state index in [0.29, 0.717) is 0 Å². The third-order valence-corrected chi connectivity index (χ3v) is 3.70. The number of aliphatic hydroxyl groups is 1. The lowest BCUT2D eigenvalue weighted by Gasteiger charge is -2.26. The van der Waals surface area contributed by atoms with Crippen LogP contribution in [0, 0.1) is 0 Å². The number of nitrogens with one attached hydrogen (secondary N) is 1. The third-order valence-electron chi connectivity index (χ3n) is 2.06. The van der Waals surface area contributed by atoms with Crippen molar-refractivity contribution in [2.45, 2.75) is 38.6 Å². The molecule has 0 rings (SSSR count). The first kappa shape index (κ1) is 13.2. The van der Waals surface area contributed by atoms with Crippen molar-refractivity contribution in [1.82, 2.24) is 5.32 Å². The van der Waals surface area contributed by atoms with Crippen LogP contribution < -0.4 is 5.32 Å². The van der Waals surface area contributed by atoms with Crippen LogP contribution in [0.1, 0.15) is 26.7 Å². The van der Waals surface area contributed by atoms with Gasteiger partial charge < -0.3 is 15.0 Å². The number of rotatable bonds is 6. The van der Waals surface area contributed by atoms with Crippen molar-refractivity contribution < 1.29 is 9.67 Å². The van der Waals surface area contributed by atoms with Crippen molar-refractivity contribution in [1.29, 1.82) is 0 Å². The fraction of sp³-hybridized carbons (Fsp3) is 1.00. The molecule has 0 saturated heterocycles. The van der Waals surface area contributed by atoms with Crippen molar-refractivity contribution in [3.63, 3.8) is 0 Å². The summed E-state index contributed by atoms with van der Waals surface area (Å²) in [5.41, 5.74) is 0. The summed E-state index contributed by atoms with van der Waals surface area (Å²) >= 11 is 0. The lowest BCUT2D eigenvalue weighted by atomic mass is 10.2. The van der Waals surface area contributed by atoms with Crippen LogP contribution in [0.3, 0.4) is 0 Å². The molecule has 0 saturated carbocycles. The highest BCUT2D eigenvalue weighted by Gasteiger charge is 2.27. The molecular weight excluding hydrogens is 185 g/mol. The fourth-order valence-electron chi connectivity index (χ4n) is 1.36. The van der Waals surface area contributed by atoms with E-state index < -0.39 is 13.0 Å². The van der Waals surface area contributed by atoms with Gasteiger partial charge in [0.25, 0.3) is 0 Å². The fourth-order valence-corrected chi connectivity index (χ4v) is 2.48. The first-order valence-corrected chi connectivity index (χ1v) is 7.56. The first-order valence-electron chi connectivity index (χ1n) is 4.89. The predicted octanol–water partition coefficient (Wildman–Crippen LogP) is 1.71. The van der Waals surface area contributed by atoms with E-state index in [1.54, 1.807) is 13.3 Å². The Kier molecular flexibility index (Phi) is 5.86. The quantitative estimate of drug-likeness (QED) is 0.652. The molecule has 80 valence electrons. The van der Waals surface area contributed by atoms with Crippen molar-refractivity contribution >= 4 is 7.14 Å². The molecule has 0 aliphatic rings. The van der Waals surface area contributed by atoms with Crippen molar-refractivity contribution in [2.24, 2.45) is 0 Å². The van der Waals surface area contributed by atoms with Crippen LogP contribution in [-0.4, -0.2) is 36.9 Å². The van der Waals surface area contributed by atoms with Gasteiger partial charge in [-0.05, 0) is 26.3 Å². The summed E-state index contributed by atoms with van der Waals surface area (Å²) in [6.07, 6.45) is 1.87. The second-order valence-electron chi connectivity index (χ2n) is 3.80. The van der Waals surface area contributed by atoms with Gasteiger partial charge >= 0.3 is 0 Å². The Hall–Kier alpha value is 0.150. The highest BCUT2D eigenvalue weighted by Crippen LogP contribution is 2.43. The van der Waals surface area contributed by atoms with E-state index >= 15 is 0 Å². The average molecular weight is 207 g/mol. The summed E-state index contributed by atoms with van der Waals surface area (Å²) < 4.78 is 11.6. The SMILES string of the molecule is CCCC(NCC)C(O)P(C)(C)=O. The first-order chi connectivity index (χ1) is 5.93. The zero-order valence-electron chi connectivity index (χ0n) is 9.08. The van der Waals surface area contributed by atoms with E-state index in [4.69, 9.17) is 0 Å². The molecule has 0 amide bonds. The maximum absolute atomic E-state index is 11.6. The Bertz CT molecular complexity index is 172. The molecule has 2 unspecified atom stereocenters. The summed E-state index contributed by atoms with van der Waals surface area (Å²) in [7, 11) is -2.38. The van der Waals surface area contributed by atoms with Gasteiger partial charge in [-0.3, -0.25) is 0 Å². The molecule has 4 heteroatoms. The van der Waals surface area contributed by atoms with Gasteiger partial charge in [0.15, 0.2) is 0 Å². The Balaban J connectivity index is 4.27. The highest BCUT2D eigenvalue weighted by molar-refractivity contribution is 7.62. The summed E-state index contributed by atoms with van der Waals surface area (Å²) in [6, 6.07) is -0.0177. The molecule has 0 fully saturated rings. The molecule has 0 aromatic carbocycles. The van der Waals surface area contributed by atoms with Crippen LogP contribution in [0.4, 0.5) is 0 Å². The lowest BCUT2D eigenvalue weighted by molar-refractivity contribution is 0.191. The second-order valence-corrected chi connectivity index (χ2v) is 7.20. The monoisotopic (exact) mass is 207 g/mol. The van der Waals surface area contributed by atoms with Gasteiger partial charge in [0, 0.05) is 6.04 Å². The minimum Gasteiger partial charge on any atom is -0.384 e. The largest absolute Gasteiger partial charge is 0.384 e. The van der Waals surface area contributed by atoms with E-state index in [9.17, 15) is 9.67 Å². The Morgan fingerprint density at radius 3 is 2.23 bits per heavy atom. The van der Waals surface area contributed by atoms with E-state index in [1.165, 1.54) is 0 Å². The molecule has 3 nitrogen and oxygen atoms in total. The molecule has 2 atom stereocenters. The van der Waals surface area contributed by atoms with Gasteiger partial charge in [0.05, 0.1) is 0 Å². The van der Waals surface area contributed by atoms with Gasteiger partial charge in [0.1, 0.15) is 13.0 Å². The van der Waals surface area contributed by atoms with Gasteiger partial charge in [0.2, 0.25) is 0 Å². The maximum atomic E-state index is 11.6. The molecule has 0 aromatic rings. The molecular formula is C9H22NO2P. The summed E-state index contributed by atoms with van der Waals surface area (Å²) in [5, 5.41) is 12.9. The van der Waals surface area contributed by atoms with Crippen molar-refractivity contribution in [3.8, 4) is 0 Å². The molecule has 0 aromatic heterocycles. The van der Waals surface area contributed by atoms with Crippen LogP contribution in [0.15, 0.2) is 0 Å². The minimum absolute atomic E-state index is 0.0177.